The van der Waals surface area contributed by atoms with E-state index in [0.29, 0.717) is 0 Å². The third-order valence-electron chi connectivity index (χ3n) is 2.25. The molecule has 6 heteroatoms. The van der Waals surface area contributed by atoms with Crippen LogP contribution in [-0.4, -0.2) is 42.6 Å². The van der Waals surface area contributed by atoms with Crippen molar-refractivity contribution in [3.05, 3.63) is 11.9 Å². The van der Waals surface area contributed by atoms with Gasteiger partial charge in [-0.15, -0.1) is 5.10 Å². The highest BCUT2D eigenvalue weighted by atomic mass is 32.2. The third-order valence-corrected chi connectivity index (χ3v) is 5.10. The fraction of sp³-hybridized carbons (Fsp3) is 0.750. The lowest BCUT2D eigenvalue weighted by Gasteiger charge is -2.25. The molecule has 2 rings (SSSR count). The molecular weight excluding hydrogens is 218 g/mol. The number of hydrogen-bond acceptors (Lipinski definition) is 5. The highest BCUT2D eigenvalue weighted by Gasteiger charge is 2.26. The Labute approximate surface area is 91.5 Å². The van der Waals surface area contributed by atoms with Crippen LogP contribution in [0.4, 0.5) is 0 Å². The van der Waals surface area contributed by atoms with Gasteiger partial charge >= 0.3 is 0 Å². The zero-order chi connectivity index (χ0) is 9.97. The minimum absolute atomic E-state index is 0.283. The lowest BCUT2D eigenvalue weighted by Crippen LogP contribution is -2.24. The Balaban J connectivity index is 2.07. The number of rotatable bonds is 2. The minimum atomic E-state index is -0.437. The van der Waals surface area contributed by atoms with Crippen molar-refractivity contribution in [2.75, 3.05) is 17.3 Å². The molecule has 2 heterocycles. The first-order valence-electron chi connectivity index (χ1n) is 4.51. The van der Waals surface area contributed by atoms with Gasteiger partial charge in [-0.25, -0.2) is 4.68 Å². The lowest BCUT2D eigenvalue weighted by atomic mass is 10.2. The van der Waals surface area contributed by atoms with E-state index < -0.39 is 6.10 Å². The van der Waals surface area contributed by atoms with Crippen LogP contribution in [0.2, 0.25) is 0 Å². The van der Waals surface area contributed by atoms with Crippen LogP contribution in [0.3, 0.4) is 0 Å². The molecule has 2 atom stereocenters. The monoisotopic (exact) mass is 231 g/mol. The molecule has 0 aromatic carbocycles. The Morgan fingerprint density at radius 2 is 2.50 bits per heavy atom. The van der Waals surface area contributed by atoms with Crippen molar-refractivity contribution in [1.82, 2.24) is 15.0 Å². The van der Waals surface area contributed by atoms with Crippen LogP contribution in [0.5, 0.6) is 0 Å². The Hall–Kier alpha value is -0.200. The van der Waals surface area contributed by atoms with Crippen molar-refractivity contribution in [3.8, 4) is 0 Å². The third kappa shape index (κ3) is 2.07. The van der Waals surface area contributed by atoms with Gasteiger partial charge in [0.05, 0.1) is 11.9 Å². The van der Waals surface area contributed by atoms with E-state index in [9.17, 15) is 5.11 Å². The average molecular weight is 231 g/mol. The van der Waals surface area contributed by atoms with Gasteiger partial charge in [0.15, 0.2) is 0 Å². The molecule has 1 fully saturated rings. The minimum Gasteiger partial charge on any atom is -0.386 e. The summed E-state index contributed by atoms with van der Waals surface area (Å²) in [5.41, 5.74) is 0.810. The summed E-state index contributed by atoms with van der Waals surface area (Å²) in [4.78, 5) is 0. The molecule has 1 aliphatic rings. The molecule has 0 bridgehead atoms. The van der Waals surface area contributed by atoms with Gasteiger partial charge in [0.25, 0.3) is 0 Å². The van der Waals surface area contributed by atoms with Crippen LogP contribution in [0.15, 0.2) is 6.20 Å². The van der Waals surface area contributed by atoms with E-state index >= 15 is 0 Å². The van der Waals surface area contributed by atoms with Gasteiger partial charge in [0, 0.05) is 29.6 Å². The molecule has 78 valence electrons. The predicted molar refractivity (Wildman–Crippen MR) is 59.5 cm³/mol. The lowest BCUT2D eigenvalue weighted by molar-refractivity contribution is 0.170. The number of thioether (sulfide) groups is 2. The largest absolute Gasteiger partial charge is 0.386 e. The summed E-state index contributed by atoms with van der Waals surface area (Å²) in [7, 11) is 1.81. The Morgan fingerprint density at radius 1 is 1.64 bits per heavy atom. The Morgan fingerprint density at radius 3 is 3.07 bits per heavy atom. The van der Waals surface area contributed by atoms with Crippen molar-refractivity contribution >= 4 is 23.5 Å². The summed E-state index contributed by atoms with van der Waals surface area (Å²) < 4.78 is 1.64. The van der Waals surface area contributed by atoms with Crippen LogP contribution in [0, 0.1) is 0 Å². The molecule has 0 amide bonds. The number of aliphatic hydroxyl groups excluding tert-OH is 1. The van der Waals surface area contributed by atoms with E-state index in [1.54, 1.807) is 10.9 Å². The average Bonchev–Trinajstić information content (AvgIpc) is 2.65. The summed E-state index contributed by atoms with van der Waals surface area (Å²) >= 11 is 3.74. The van der Waals surface area contributed by atoms with Crippen LogP contribution in [0.1, 0.15) is 11.8 Å². The van der Waals surface area contributed by atoms with Gasteiger partial charge in [-0.1, -0.05) is 5.21 Å². The van der Waals surface area contributed by atoms with E-state index in [2.05, 4.69) is 10.3 Å². The second-order valence-corrected chi connectivity index (χ2v) is 5.71. The molecule has 0 radical (unpaired) electrons. The van der Waals surface area contributed by atoms with Gasteiger partial charge in [0.1, 0.15) is 6.10 Å². The molecule has 1 N–H and O–H groups in total. The van der Waals surface area contributed by atoms with Gasteiger partial charge < -0.3 is 5.11 Å². The summed E-state index contributed by atoms with van der Waals surface area (Å²) in [6.45, 7) is 0. The summed E-state index contributed by atoms with van der Waals surface area (Å²) in [6, 6.07) is 0. The molecule has 0 aliphatic carbocycles. The van der Waals surface area contributed by atoms with Crippen molar-refractivity contribution in [2.45, 2.75) is 11.4 Å². The fourth-order valence-electron chi connectivity index (χ4n) is 1.44. The molecule has 0 spiro atoms. The Bertz CT molecular complexity index is 299. The maximum absolute atomic E-state index is 10.1. The van der Waals surface area contributed by atoms with E-state index in [1.807, 2.05) is 30.6 Å². The highest BCUT2D eigenvalue weighted by molar-refractivity contribution is 8.06. The van der Waals surface area contributed by atoms with Gasteiger partial charge in [-0.3, -0.25) is 0 Å². The molecule has 4 nitrogen and oxygen atoms in total. The summed E-state index contributed by atoms with van der Waals surface area (Å²) in [5.74, 6) is 3.33. The maximum Gasteiger partial charge on any atom is 0.110 e. The van der Waals surface area contributed by atoms with E-state index in [-0.39, 0.29) is 5.25 Å². The molecule has 1 saturated heterocycles. The second kappa shape index (κ2) is 4.55. The van der Waals surface area contributed by atoms with E-state index in [1.165, 1.54) is 5.75 Å². The first-order valence-corrected chi connectivity index (χ1v) is 6.71. The van der Waals surface area contributed by atoms with Crippen LogP contribution in [0.25, 0.3) is 0 Å². The van der Waals surface area contributed by atoms with Crippen LogP contribution < -0.4 is 0 Å². The Kier molecular flexibility index (Phi) is 3.35. The zero-order valence-electron chi connectivity index (χ0n) is 7.96. The standard InChI is InChI=1S/C8H13N3OS2/c1-11-6(4-9-10-11)8(12)7-5-13-2-3-14-7/h4,7-8,12H,2-3,5H2,1H3. The number of nitrogens with zero attached hydrogens (tertiary/aromatic N) is 3. The number of aryl methyl sites for hydroxylation is 1. The van der Waals surface area contributed by atoms with Crippen LogP contribution >= 0.6 is 23.5 Å². The number of aromatic nitrogens is 3. The topological polar surface area (TPSA) is 50.9 Å². The molecule has 1 aliphatic heterocycles. The molecule has 0 saturated carbocycles. The van der Waals surface area contributed by atoms with Crippen molar-refractivity contribution in [2.24, 2.45) is 7.05 Å². The molecular formula is C8H13N3OS2. The highest BCUT2D eigenvalue weighted by Crippen LogP contribution is 2.32. The molecule has 2 unspecified atom stereocenters. The van der Waals surface area contributed by atoms with Gasteiger partial charge in [0.2, 0.25) is 0 Å². The van der Waals surface area contributed by atoms with Crippen LogP contribution in [-0.2, 0) is 7.05 Å². The van der Waals surface area contributed by atoms with Gasteiger partial charge in [-0.05, 0) is 0 Å². The predicted octanol–water partition coefficient (Wildman–Crippen LogP) is 0.697. The normalized spacial score (nSPS) is 24.9. The quantitative estimate of drug-likeness (QED) is 0.812. The second-order valence-electron chi connectivity index (χ2n) is 3.21. The smallest absolute Gasteiger partial charge is 0.110 e. The van der Waals surface area contributed by atoms with Gasteiger partial charge in [-0.2, -0.15) is 23.5 Å². The summed E-state index contributed by atoms with van der Waals surface area (Å²) in [6.07, 6.45) is 1.21. The van der Waals surface area contributed by atoms with E-state index in [4.69, 9.17) is 0 Å². The van der Waals surface area contributed by atoms with Crippen molar-refractivity contribution in [1.29, 1.82) is 0 Å². The fourth-order valence-corrected chi connectivity index (χ4v) is 4.18. The van der Waals surface area contributed by atoms with Crippen molar-refractivity contribution in [3.63, 3.8) is 0 Å². The molecule has 1 aromatic heterocycles. The SMILES string of the molecule is Cn1nncc1C(O)C1CSCCS1. The molecule has 14 heavy (non-hydrogen) atoms. The first kappa shape index (κ1) is 10.3. The van der Waals surface area contributed by atoms with E-state index in [0.717, 1.165) is 17.2 Å². The maximum atomic E-state index is 10.1. The molecule has 1 aromatic rings. The number of hydrogen-bond donors (Lipinski definition) is 1. The van der Waals surface area contributed by atoms with Crippen molar-refractivity contribution < 1.29 is 5.11 Å². The number of aliphatic hydroxyl groups is 1. The zero-order valence-corrected chi connectivity index (χ0v) is 9.59. The first-order chi connectivity index (χ1) is 6.79. The summed E-state index contributed by atoms with van der Waals surface area (Å²) in [5, 5.41) is 18.0.